The number of esters is 1. The monoisotopic (exact) mass is 242 g/mol. The number of hydrogen-bond acceptors (Lipinski definition) is 4. The fourth-order valence-electron chi connectivity index (χ4n) is 2.61. The van der Waals surface area contributed by atoms with E-state index in [1.807, 2.05) is 14.0 Å². The third-order valence-corrected chi connectivity index (χ3v) is 3.32. The van der Waals surface area contributed by atoms with E-state index in [4.69, 9.17) is 4.74 Å². The van der Waals surface area contributed by atoms with Gasteiger partial charge in [-0.2, -0.15) is 0 Å². The number of hydrogen-bond donors (Lipinski definition) is 1. The molecule has 0 aliphatic carbocycles. The smallest absolute Gasteiger partial charge is 0.306 e. The Kier molecular flexibility index (Phi) is 6.52. The summed E-state index contributed by atoms with van der Waals surface area (Å²) < 4.78 is 5.03. The minimum Gasteiger partial charge on any atom is -0.466 e. The van der Waals surface area contributed by atoms with Gasteiger partial charge in [0.2, 0.25) is 0 Å². The van der Waals surface area contributed by atoms with E-state index in [1.165, 1.54) is 6.42 Å². The van der Waals surface area contributed by atoms with Crippen molar-refractivity contribution in [3.05, 3.63) is 0 Å². The lowest BCUT2D eigenvalue weighted by molar-refractivity contribution is -0.144. The minimum atomic E-state index is -0.0503. The number of nitrogens with one attached hydrogen (secondary N) is 1. The summed E-state index contributed by atoms with van der Waals surface area (Å²) in [6.45, 7) is 7.80. The molecule has 0 amide bonds. The van der Waals surface area contributed by atoms with Gasteiger partial charge in [0.25, 0.3) is 0 Å². The number of rotatable bonds is 6. The van der Waals surface area contributed by atoms with Crippen LogP contribution in [0.2, 0.25) is 0 Å². The first-order valence-electron chi connectivity index (χ1n) is 6.74. The molecule has 100 valence electrons. The van der Waals surface area contributed by atoms with Gasteiger partial charge in [-0.05, 0) is 39.3 Å². The molecule has 1 aliphatic heterocycles. The number of ether oxygens (including phenoxy) is 1. The van der Waals surface area contributed by atoms with Crippen LogP contribution < -0.4 is 5.32 Å². The van der Waals surface area contributed by atoms with Crippen LogP contribution in [0.15, 0.2) is 0 Å². The molecule has 1 aliphatic rings. The number of piperidine rings is 1. The van der Waals surface area contributed by atoms with Gasteiger partial charge in [-0.1, -0.05) is 6.92 Å². The first kappa shape index (κ1) is 14.5. The lowest BCUT2D eigenvalue weighted by Gasteiger charge is -2.37. The normalized spacial score (nSPS) is 25.8. The average molecular weight is 242 g/mol. The summed E-state index contributed by atoms with van der Waals surface area (Å²) in [5, 5.41) is 3.33. The van der Waals surface area contributed by atoms with E-state index in [9.17, 15) is 4.79 Å². The van der Waals surface area contributed by atoms with Crippen molar-refractivity contribution in [3.63, 3.8) is 0 Å². The lowest BCUT2D eigenvalue weighted by Crippen LogP contribution is -2.48. The van der Waals surface area contributed by atoms with Crippen molar-refractivity contribution in [2.24, 2.45) is 5.92 Å². The fraction of sp³-hybridized carbons (Fsp3) is 0.923. The van der Waals surface area contributed by atoms with E-state index in [0.29, 0.717) is 25.0 Å². The van der Waals surface area contributed by atoms with Gasteiger partial charge in [-0.3, -0.25) is 4.79 Å². The van der Waals surface area contributed by atoms with Crippen LogP contribution in [-0.4, -0.2) is 50.2 Å². The quantitative estimate of drug-likeness (QED) is 0.712. The van der Waals surface area contributed by atoms with E-state index >= 15 is 0 Å². The zero-order valence-corrected chi connectivity index (χ0v) is 11.4. The van der Waals surface area contributed by atoms with Crippen LogP contribution in [0.3, 0.4) is 0 Å². The van der Waals surface area contributed by atoms with Crippen LogP contribution in [-0.2, 0) is 9.53 Å². The Morgan fingerprint density at radius 1 is 1.41 bits per heavy atom. The van der Waals surface area contributed by atoms with Crippen molar-refractivity contribution in [3.8, 4) is 0 Å². The second-order valence-electron chi connectivity index (χ2n) is 4.86. The SMILES string of the molecule is CCCN1CC(CC(=O)OCC)CC(NC)C1. The van der Waals surface area contributed by atoms with Gasteiger partial charge in [-0.25, -0.2) is 0 Å². The maximum atomic E-state index is 11.5. The Balaban J connectivity index is 2.44. The fourth-order valence-corrected chi connectivity index (χ4v) is 2.61. The molecular formula is C13H26N2O2. The largest absolute Gasteiger partial charge is 0.466 e. The van der Waals surface area contributed by atoms with Crippen LogP contribution in [0, 0.1) is 5.92 Å². The average Bonchev–Trinajstić information content (AvgIpc) is 2.29. The molecule has 0 spiro atoms. The summed E-state index contributed by atoms with van der Waals surface area (Å²) in [6.07, 6.45) is 2.81. The number of likely N-dealkylation sites (N-methyl/N-ethyl adjacent to an activating group) is 1. The predicted octanol–water partition coefficient (Wildman–Crippen LogP) is 1.26. The van der Waals surface area contributed by atoms with E-state index in [1.54, 1.807) is 0 Å². The van der Waals surface area contributed by atoms with Crippen LogP contribution in [0.5, 0.6) is 0 Å². The number of nitrogens with zero attached hydrogens (tertiary/aromatic N) is 1. The van der Waals surface area contributed by atoms with Crippen molar-refractivity contribution >= 4 is 5.97 Å². The second kappa shape index (κ2) is 7.67. The summed E-state index contributed by atoms with van der Waals surface area (Å²) in [5.41, 5.74) is 0. The molecule has 17 heavy (non-hydrogen) atoms. The molecule has 2 unspecified atom stereocenters. The van der Waals surface area contributed by atoms with Crippen molar-refractivity contribution in [2.75, 3.05) is 33.3 Å². The van der Waals surface area contributed by atoms with Gasteiger partial charge in [0, 0.05) is 25.6 Å². The molecule has 0 aromatic carbocycles. The predicted molar refractivity (Wildman–Crippen MR) is 68.9 cm³/mol. The molecule has 4 heteroatoms. The van der Waals surface area contributed by atoms with Gasteiger partial charge in [0.15, 0.2) is 0 Å². The van der Waals surface area contributed by atoms with Crippen molar-refractivity contribution in [2.45, 2.75) is 39.2 Å². The Labute approximate surface area is 105 Å². The van der Waals surface area contributed by atoms with E-state index in [-0.39, 0.29) is 5.97 Å². The minimum absolute atomic E-state index is 0.0503. The second-order valence-corrected chi connectivity index (χ2v) is 4.86. The number of carbonyl (C=O) groups excluding carboxylic acids is 1. The first-order valence-corrected chi connectivity index (χ1v) is 6.74. The standard InChI is InChI=1S/C13H26N2O2/c1-4-6-15-9-11(7-12(10-15)14-3)8-13(16)17-5-2/h11-12,14H,4-10H2,1-3H3. The summed E-state index contributed by atoms with van der Waals surface area (Å²) in [4.78, 5) is 14.0. The van der Waals surface area contributed by atoms with Gasteiger partial charge >= 0.3 is 5.97 Å². The Morgan fingerprint density at radius 3 is 2.76 bits per heavy atom. The number of carbonyl (C=O) groups is 1. The van der Waals surface area contributed by atoms with E-state index < -0.39 is 0 Å². The van der Waals surface area contributed by atoms with Crippen molar-refractivity contribution < 1.29 is 9.53 Å². The molecule has 1 rings (SSSR count). The molecule has 0 saturated carbocycles. The Bertz CT molecular complexity index is 233. The van der Waals surface area contributed by atoms with Crippen molar-refractivity contribution in [1.29, 1.82) is 0 Å². The molecule has 0 aromatic rings. The molecule has 0 aromatic heterocycles. The molecule has 1 fully saturated rings. The molecule has 1 saturated heterocycles. The van der Waals surface area contributed by atoms with Crippen LogP contribution in [0.4, 0.5) is 0 Å². The zero-order chi connectivity index (χ0) is 12.7. The molecular weight excluding hydrogens is 216 g/mol. The van der Waals surface area contributed by atoms with Crippen LogP contribution in [0.25, 0.3) is 0 Å². The van der Waals surface area contributed by atoms with E-state index in [0.717, 1.165) is 26.1 Å². The Morgan fingerprint density at radius 2 is 2.18 bits per heavy atom. The number of likely N-dealkylation sites (tertiary alicyclic amines) is 1. The molecule has 1 heterocycles. The van der Waals surface area contributed by atoms with Gasteiger partial charge in [0.05, 0.1) is 6.61 Å². The first-order chi connectivity index (χ1) is 8.19. The highest BCUT2D eigenvalue weighted by Gasteiger charge is 2.27. The lowest BCUT2D eigenvalue weighted by atomic mass is 9.91. The maximum absolute atomic E-state index is 11.5. The zero-order valence-electron chi connectivity index (χ0n) is 11.4. The maximum Gasteiger partial charge on any atom is 0.306 e. The van der Waals surface area contributed by atoms with Gasteiger partial charge in [0.1, 0.15) is 0 Å². The third kappa shape index (κ3) is 5.04. The topological polar surface area (TPSA) is 41.6 Å². The third-order valence-electron chi connectivity index (χ3n) is 3.32. The highest BCUT2D eigenvalue weighted by molar-refractivity contribution is 5.69. The summed E-state index contributed by atoms with van der Waals surface area (Å²) in [7, 11) is 2.00. The van der Waals surface area contributed by atoms with Crippen LogP contribution >= 0.6 is 0 Å². The highest BCUT2D eigenvalue weighted by Crippen LogP contribution is 2.20. The molecule has 1 N–H and O–H groups in total. The molecule has 0 radical (unpaired) electrons. The summed E-state index contributed by atoms with van der Waals surface area (Å²) in [5.74, 6) is 0.387. The Hall–Kier alpha value is -0.610. The summed E-state index contributed by atoms with van der Waals surface area (Å²) >= 11 is 0. The van der Waals surface area contributed by atoms with Crippen molar-refractivity contribution in [1.82, 2.24) is 10.2 Å². The molecule has 2 atom stereocenters. The van der Waals surface area contributed by atoms with Gasteiger partial charge in [-0.15, -0.1) is 0 Å². The van der Waals surface area contributed by atoms with Gasteiger partial charge < -0.3 is 15.0 Å². The van der Waals surface area contributed by atoms with E-state index in [2.05, 4.69) is 17.1 Å². The molecule has 0 bridgehead atoms. The summed E-state index contributed by atoms with van der Waals surface area (Å²) in [6, 6.07) is 0.509. The van der Waals surface area contributed by atoms with Crippen LogP contribution in [0.1, 0.15) is 33.1 Å². The molecule has 4 nitrogen and oxygen atoms in total. The highest BCUT2D eigenvalue weighted by atomic mass is 16.5.